The molecule has 0 spiro atoms. The van der Waals surface area contributed by atoms with Gasteiger partial charge in [0.25, 0.3) is 5.78 Å². The van der Waals surface area contributed by atoms with Gasteiger partial charge in [-0.2, -0.15) is 13.2 Å². The molecule has 0 fully saturated rings. The molecule has 0 radical (unpaired) electrons. The van der Waals surface area contributed by atoms with Crippen molar-refractivity contribution in [2.45, 2.75) is 19.1 Å². The molecule has 136 valence electrons. The van der Waals surface area contributed by atoms with Gasteiger partial charge in [-0.25, -0.2) is 4.98 Å². The summed E-state index contributed by atoms with van der Waals surface area (Å²) in [5.41, 5.74) is -1.30. The first-order valence-corrected chi connectivity index (χ1v) is 7.50. The second kappa shape index (κ2) is 7.08. The Bertz CT molecular complexity index is 775. The van der Waals surface area contributed by atoms with Gasteiger partial charge in [-0.15, -0.1) is 24.5 Å². The highest BCUT2D eigenvalue weighted by molar-refractivity contribution is 7.15. The number of benzene rings is 1. The number of alkyl halides is 6. The molecule has 0 unspecified atom stereocenters. The van der Waals surface area contributed by atoms with Gasteiger partial charge >= 0.3 is 12.5 Å². The number of aromatic nitrogens is 1. The Morgan fingerprint density at radius 2 is 1.92 bits per heavy atom. The molecule has 25 heavy (non-hydrogen) atoms. The molecule has 0 saturated heterocycles. The highest BCUT2D eigenvalue weighted by Gasteiger charge is 2.41. The number of carbonyl (C=O) groups is 1. The lowest BCUT2D eigenvalue weighted by Gasteiger charge is -2.15. The van der Waals surface area contributed by atoms with E-state index in [2.05, 4.69) is 15.0 Å². The van der Waals surface area contributed by atoms with E-state index >= 15 is 0 Å². The molecule has 1 heterocycles. The molecule has 2 aromatic rings. The number of nitrogens with zero attached hydrogens (tertiary/aromatic N) is 1. The van der Waals surface area contributed by atoms with Gasteiger partial charge in [-0.3, -0.25) is 4.79 Å². The third-order valence-corrected chi connectivity index (χ3v) is 3.82. The number of rotatable bonds is 5. The molecule has 0 aliphatic rings. The quantitative estimate of drug-likeness (QED) is 0.559. The van der Waals surface area contributed by atoms with Crippen molar-refractivity contribution >= 4 is 34.4 Å². The Balaban J connectivity index is 2.31. The summed E-state index contributed by atoms with van der Waals surface area (Å²) in [4.78, 5) is 15.8. The Morgan fingerprint density at radius 1 is 1.24 bits per heavy atom. The van der Waals surface area contributed by atoms with Crippen LogP contribution in [0.4, 0.5) is 32.0 Å². The maximum absolute atomic E-state index is 12.7. The number of carbonyl (C=O) groups excluding carboxylic acids is 1. The van der Waals surface area contributed by atoms with Crippen LogP contribution in [0.2, 0.25) is 4.47 Å². The van der Waals surface area contributed by atoms with Crippen molar-refractivity contribution in [3.05, 3.63) is 39.3 Å². The van der Waals surface area contributed by atoms with Crippen molar-refractivity contribution in [1.82, 2.24) is 4.98 Å². The van der Waals surface area contributed by atoms with Crippen molar-refractivity contribution in [3.8, 4) is 5.75 Å². The number of ketones is 1. The van der Waals surface area contributed by atoms with Gasteiger partial charge < -0.3 is 10.1 Å². The van der Waals surface area contributed by atoms with E-state index < -0.39 is 29.6 Å². The fourth-order valence-corrected chi connectivity index (χ4v) is 2.68. The highest BCUT2D eigenvalue weighted by atomic mass is 35.5. The minimum atomic E-state index is -5.26. The zero-order chi connectivity index (χ0) is 18.8. The van der Waals surface area contributed by atoms with Gasteiger partial charge in [0.05, 0.1) is 12.1 Å². The predicted molar refractivity (Wildman–Crippen MR) is 78.0 cm³/mol. The normalized spacial score (nSPS) is 12.1. The number of thiazole rings is 1. The van der Waals surface area contributed by atoms with Gasteiger partial charge in [0.2, 0.25) is 0 Å². The van der Waals surface area contributed by atoms with Crippen molar-refractivity contribution in [3.63, 3.8) is 0 Å². The van der Waals surface area contributed by atoms with Crippen LogP contribution < -0.4 is 10.1 Å². The van der Waals surface area contributed by atoms with E-state index in [1.807, 2.05) is 0 Å². The molecule has 0 atom stereocenters. The van der Waals surface area contributed by atoms with Gasteiger partial charge in [0.15, 0.2) is 4.47 Å². The van der Waals surface area contributed by atoms with Crippen LogP contribution in [0.3, 0.4) is 0 Å². The fraction of sp³-hybridized carbons (Fsp3) is 0.231. The van der Waals surface area contributed by atoms with Crippen LogP contribution in [-0.4, -0.2) is 23.3 Å². The number of ether oxygens (including phenoxy) is 1. The molecule has 0 saturated carbocycles. The number of hydrogen-bond acceptors (Lipinski definition) is 5. The van der Waals surface area contributed by atoms with E-state index in [9.17, 15) is 31.1 Å². The molecule has 0 amide bonds. The van der Waals surface area contributed by atoms with Gasteiger partial charge in [-0.1, -0.05) is 11.6 Å². The van der Waals surface area contributed by atoms with E-state index in [0.717, 1.165) is 23.5 Å². The first-order chi connectivity index (χ1) is 11.5. The molecule has 0 aliphatic heterocycles. The lowest BCUT2D eigenvalue weighted by Crippen LogP contribution is -2.24. The fourth-order valence-electron chi connectivity index (χ4n) is 1.76. The molecular formula is C13H7ClF6N2O2S. The zero-order valence-electron chi connectivity index (χ0n) is 11.8. The molecule has 12 heteroatoms. The van der Waals surface area contributed by atoms with Crippen LogP contribution in [0.1, 0.15) is 15.2 Å². The number of nitrogens with one attached hydrogen (secondary N) is 1. The summed E-state index contributed by atoms with van der Waals surface area (Å²) in [7, 11) is 0. The highest BCUT2D eigenvalue weighted by Crippen LogP contribution is 2.32. The summed E-state index contributed by atoms with van der Waals surface area (Å²) in [6.07, 6.45) is -9.00. The first kappa shape index (κ1) is 19.3. The third-order valence-electron chi connectivity index (χ3n) is 2.71. The van der Waals surface area contributed by atoms with Gasteiger partial charge in [-0.05, 0) is 18.2 Å². The second-order valence-electron chi connectivity index (χ2n) is 4.52. The van der Waals surface area contributed by atoms with Crippen molar-refractivity contribution < 1.29 is 35.9 Å². The Kier molecular flexibility index (Phi) is 5.47. The standard InChI is InChI=1S/C13H7ClF6N2O2S/c14-11-22-5-7(25-11)4-21-9-2-1-6(24-13(18,19)20)3-8(9)10(23)12(15,16)17/h1-3,5,21H,4H2. The SMILES string of the molecule is O=C(c1cc(OC(F)(F)F)ccc1NCc1cnc(Cl)s1)C(F)(F)F. The number of hydrogen-bond donors (Lipinski definition) is 1. The van der Waals surface area contributed by atoms with Crippen LogP contribution in [0.5, 0.6) is 5.75 Å². The van der Waals surface area contributed by atoms with Crippen LogP contribution >= 0.6 is 22.9 Å². The summed E-state index contributed by atoms with van der Waals surface area (Å²) in [6, 6.07) is 2.07. The molecular weight excluding hydrogens is 398 g/mol. The lowest BCUT2D eigenvalue weighted by atomic mass is 10.1. The summed E-state index contributed by atoms with van der Waals surface area (Å²) >= 11 is 6.67. The van der Waals surface area contributed by atoms with E-state index in [1.165, 1.54) is 6.20 Å². The topological polar surface area (TPSA) is 51.2 Å². The molecule has 1 aromatic heterocycles. The molecule has 4 nitrogen and oxygen atoms in total. The van der Waals surface area contributed by atoms with Crippen LogP contribution in [-0.2, 0) is 6.54 Å². The second-order valence-corrected chi connectivity index (χ2v) is 6.21. The Morgan fingerprint density at radius 3 is 2.44 bits per heavy atom. The zero-order valence-corrected chi connectivity index (χ0v) is 13.4. The van der Waals surface area contributed by atoms with Crippen molar-refractivity contribution in [2.75, 3.05) is 5.32 Å². The minimum absolute atomic E-state index is 0.0258. The molecule has 1 N–H and O–H groups in total. The predicted octanol–water partition coefficient (Wildman–Crippen LogP) is 5.05. The summed E-state index contributed by atoms with van der Waals surface area (Å²) in [5.74, 6) is -3.24. The number of Topliss-reactive ketones (excluding diaryl/α,β-unsaturated/α-hetero) is 1. The molecule has 0 bridgehead atoms. The first-order valence-electron chi connectivity index (χ1n) is 6.31. The average Bonchev–Trinajstić information content (AvgIpc) is 2.88. The van der Waals surface area contributed by atoms with E-state index in [0.29, 0.717) is 10.9 Å². The van der Waals surface area contributed by atoms with Crippen molar-refractivity contribution in [2.24, 2.45) is 0 Å². The summed E-state index contributed by atoms with van der Waals surface area (Å²) in [5, 5.41) is 2.54. The van der Waals surface area contributed by atoms with E-state index in [1.54, 1.807) is 0 Å². The van der Waals surface area contributed by atoms with Crippen LogP contribution in [0.15, 0.2) is 24.4 Å². The Labute approximate surface area is 145 Å². The summed E-state index contributed by atoms with van der Waals surface area (Å²) < 4.78 is 78.5. The maximum Gasteiger partial charge on any atom is 0.573 e. The Hall–Kier alpha value is -2.01. The average molecular weight is 405 g/mol. The number of anilines is 1. The molecule has 1 aromatic carbocycles. The maximum atomic E-state index is 12.7. The smallest absolute Gasteiger partial charge is 0.406 e. The number of halogens is 7. The largest absolute Gasteiger partial charge is 0.573 e. The summed E-state index contributed by atoms with van der Waals surface area (Å²) in [6.45, 7) is -0.0258. The van der Waals surface area contributed by atoms with E-state index in [4.69, 9.17) is 11.6 Å². The minimum Gasteiger partial charge on any atom is -0.406 e. The third kappa shape index (κ3) is 5.49. The van der Waals surface area contributed by atoms with Gasteiger partial charge in [0, 0.05) is 16.8 Å². The lowest BCUT2D eigenvalue weighted by molar-refractivity contribution is -0.274. The molecule has 0 aliphatic carbocycles. The molecule has 2 rings (SSSR count). The van der Waals surface area contributed by atoms with Crippen molar-refractivity contribution in [1.29, 1.82) is 0 Å². The van der Waals surface area contributed by atoms with Gasteiger partial charge in [0.1, 0.15) is 5.75 Å². The van der Waals surface area contributed by atoms with Crippen LogP contribution in [0.25, 0.3) is 0 Å². The van der Waals surface area contributed by atoms with Crippen LogP contribution in [0, 0.1) is 0 Å². The van der Waals surface area contributed by atoms with E-state index in [-0.39, 0.29) is 16.7 Å². The monoisotopic (exact) mass is 404 g/mol.